The van der Waals surface area contributed by atoms with Crippen LogP contribution in [0.25, 0.3) is 0 Å². The Bertz CT molecular complexity index is 1050. The molecule has 0 fully saturated rings. The molecule has 0 aliphatic carbocycles. The first kappa shape index (κ1) is 23.2. The predicted octanol–water partition coefficient (Wildman–Crippen LogP) is 7.49. The van der Waals surface area contributed by atoms with E-state index in [0.717, 1.165) is 42.6 Å². The van der Waals surface area contributed by atoms with E-state index in [1.807, 2.05) is 60.7 Å². The summed E-state index contributed by atoms with van der Waals surface area (Å²) in [5, 5.41) is 0. The van der Waals surface area contributed by atoms with E-state index < -0.39 is 0 Å². The average molecular weight is 429 g/mol. The molecule has 32 heavy (non-hydrogen) atoms. The fourth-order valence-electron chi connectivity index (χ4n) is 3.80. The van der Waals surface area contributed by atoms with Gasteiger partial charge < -0.3 is 9.47 Å². The highest BCUT2D eigenvalue weighted by molar-refractivity contribution is 5.39. The summed E-state index contributed by atoms with van der Waals surface area (Å²) in [6.07, 6.45) is 11.1. The van der Waals surface area contributed by atoms with Crippen LogP contribution < -0.4 is 9.47 Å². The summed E-state index contributed by atoms with van der Waals surface area (Å²) >= 11 is 0. The van der Waals surface area contributed by atoms with Gasteiger partial charge in [0.1, 0.15) is 18.1 Å². The van der Waals surface area contributed by atoms with Crippen LogP contribution >= 0.6 is 0 Å². The molecule has 0 aliphatic heterocycles. The van der Waals surface area contributed by atoms with Crippen molar-refractivity contribution in [3.8, 4) is 29.6 Å². The number of halogens is 1. The molecule has 1 unspecified atom stereocenters. The Morgan fingerprint density at radius 3 is 2.44 bits per heavy atom. The van der Waals surface area contributed by atoms with Crippen molar-refractivity contribution in [1.29, 1.82) is 0 Å². The van der Waals surface area contributed by atoms with Gasteiger partial charge in [-0.25, -0.2) is 4.39 Å². The highest BCUT2D eigenvalue weighted by Crippen LogP contribution is 2.34. The molecule has 1 atom stereocenters. The van der Waals surface area contributed by atoms with Gasteiger partial charge in [0, 0.05) is 0 Å². The molecule has 0 aliphatic rings. The van der Waals surface area contributed by atoms with Crippen molar-refractivity contribution in [3.63, 3.8) is 0 Å². The average Bonchev–Trinajstić information content (AvgIpc) is 2.84. The number of hydrogen-bond acceptors (Lipinski definition) is 2. The van der Waals surface area contributed by atoms with Gasteiger partial charge in [-0.1, -0.05) is 61.9 Å². The second-order valence-electron chi connectivity index (χ2n) is 7.74. The number of ether oxygens (including phenoxy) is 2. The molecule has 0 saturated carbocycles. The summed E-state index contributed by atoms with van der Waals surface area (Å²) in [7, 11) is 0. The Kier molecular flexibility index (Phi) is 8.11. The van der Waals surface area contributed by atoms with Crippen molar-refractivity contribution >= 4 is 0 Å². The van der Waals surface area contributed by atoms with Gasteiger partial charge in [-0.2, -0.15) is 0 Å². The molecule has 3 heteroatoms. The zero-order valence-electron chi connectivity index (χ0n) is 18.5. The molecule has 0 heterocycles. The third kappa shape index (κ3) is 5.80. The quantitative estimate of drug-likeness (QED) is 0.233. The molecule has 0 aromatic heterocycles. The summed E-state index contributed by atoms with van der Waals surface area (Å²) in [5.41, 5.74) is 1.79. The second-order valence-corrected chi connectivity index (χ2v) is 7.74. The van der Waals surface area contributed by atoms with E-state index in [-0.39, 0.29) is 17.0 Å². The first-order valence-electron chi connectivity index (χ1n) is 10.9. The Morgan fingerprint density at radius 1 is 1.03 bits per heavy atom. The summed E-state index contributed by atoms with van der Waals surface area (Å²) in [6, 6.07) is 22.3. The minimum atomic E-state index is -0.372. The SMILES string of the molecule is C#CC(CC)(CCCc1ccc(F)c(Oc2ccccc2)c1)c1ccc(OCC=C)cc1. The van der Waals surface area contributed by atoms with Crippen LogP contribution in [0, 0.1) is 18.2 Å². The van der Waals surface area contributed by atoms with Crippen molar-refractivity contribution in [2.45, 2.75) is 38.0 Å². The van der Waals surface area contributed by atoms with Crippen molar-refractivity contribution in [1.82, 2.24) is 0 Å². The van der Waals surface area contributed by atoms with E-state index in [4.69, 9.17) is 15.9 Å². The van der Waals surface area contributed by atoms with Gasteiger partial charge in [0.05, 0.1) is 5.41 Å². The van der Waals surface area contributed by atoms with E-state index in [0.29, 0.717) is 12.4 Å². The molecule has 0 bridgehead atoms. The number of rotatable bonds is 11. The maximum absolute atomic E-state index is 14.2. The molecule has 2 nitrogen and oxygen atoms in total. The van der Waals surface area contributed by atoms with Crippen LogP contribution in [0.5, 0.6) is 17.2 Å². The summed E-state index contributed by atoms with van der Waals surface area (Å²) in [4.78, 5) is 0. The first-order chi connectivity index (χ1) is 15.6. The molecular formula is C29H29FO2. The third-order valence-electron chi connectivity index (χ3n) is 5.69. The van der Waals surface area contributed by atoms with Gasteiger partial charge in [0.25, 0.3) is 0 Å². The van der Waals surface area contributed by atoms with Crippen LogP contribution in [-0.2, 0) is 11.8 Å². The van der Waals surface area contributed by atoms with Crippen molar-refractivity contribution in [2.75, 3.05) is 6.61 Å². The molecule has 3 aromatic carbocycles. The van der Waals surface area contributed by atoms with Crippen LogP contribution in [0.4, 0.5) is 4.39 Å². The van der Waals surface area contributed by atoms with Crippen LogP contribution in [0.15, 0.2) is 85.5 Å². The number of para-hydroxylation sites is 1. The van der Waals surface area contributed by atoms with E-state index >= 15 is 0 Å². The van der Waals surface area contributed by atoms with E-state index in [9.17, 15) is 4.39 Å². The maximum atomic E-state index is 14.2. The second kappa shape index (κ2) is 11.2. The molecule has 3 rings (SSSR count). The Morgan fingerprint density at radius 2 is 1.78 bits per heavy atom. The zero-order chi connectivity index (χ0) is 22.8. The lowest BCUT2D eigenvalue weighted by atomic mass is 9.75. The highest BCUT2D eigenvalue weighted by atomic mass is 19.1. The summed E-state index contributed by atoms with van der Waals surface area (Å²) in [6.45, 7) is 6.26. The fraction of sp³-hybridized carbons (Fsp3) is 0.241. The molecule has 0 N–H and O–H groups in total. The standard InChI is InChI=1S/C29H29FO2/c1-4-21-31-25-17-15-24(16-18-25)29(5-2,6-3)20-10-11-23-14-19-27(30)28(22-23)32-26-12-8-7-9-13-26/h2,4,7-9,12-19,22H,1,6,10-11,20-21H2,3H3. The lowest BCUT2D eigenvalue weighted by Crippen LogP contribution is -2.23. The Balaban J connectivity index is 1.67. The van der Waals surface area contributed by atoms with Crippen molar-refractivity contribution < 1.29 is 13.9 Å². The lowest BCUT2D eigenvalue weighted by molar-refractivity contribution is 0.362. The topological polar surface area (TPSA) is 18.5 Å². The summed E-state index contributed by atoms with van der Waals surface area (Å²) in [5.74, 6) is 4.32. The number of hydrogen-bond donors (Lipinski definition) is 0. The van der Waals surface area contributed by atoms with Crippen LogP contribution in [0.2, 0.25) is 0 Å². The highest BCUT2D eigenvalue weighted by Gasteiger charge is 2.27. The summed E-state index contributed by atoms with van der Waals surface area (Å²) < 4.78 is 25.5. The number of aryl methyl sites for hydroxylation is 1. The molecular weight excluding hydrogens is 399 g/mol. The first-order valence-corrected chi connectivity index (χ1v) is 10.9. The molecule has 0 amide bonds. The van der Waals surface area contributed by atoms with Gasteiger partial charge >= 0.3 is 0 Å². The predicted molar refractivity (Wildman–Crippen MR) is 129 cm³/mol. The molecule has 0 saturated heterocycles. The Labute approximate surface area is 190 Å². The molecule has 164 valence electrons. The van der Waals surface area contributed by atoms with Gasteiger partial charge in [-0.15, -0.1) is 6.42 Å². The van der Waals surface area contributed by atoms with Gasteiger partial charge in [0.15, 0.2) is 11.6 Å². The molecule has 0 spiro atoms. The smallest absolute Gasteiger partial charge is 0.165 e. The Hall–Kier alpha value is -3.51. The van der Waals surface area contributed by atoms with Crippen molar-refractivity contribution in [2.24, 2.45) is 0 Å². The van der Waals surface area contributed by atoms with Crippen LogP contribution in [0.1, 0.15) is 37.3 Å². The minimum Gasteiger partial charge on any atom is -0.490 e. The zero-order valence-corrected chi connectivity index (χ0v) is 18.5. The van der Waals surface area contributed by atoms with E-state index in [1.165, 1.54) is 6.07 Å². The van der Waals surface area contributed by atoms with E-state index in [2.05, 4.69) is 19.4 Å². The monoisotopic (exact) mass is 428 g/mol. The minimum absolute atomic E-state index is 0.238. The van der Waals surface area contributed by atoms with Gasteiger partial charge in [-0.3, -0.25) is 0 Å². The largest absolute Gasteiger partial charge is 0.490 e. The van der Waals surface area contributed by atoms with Crippen molar-refractivity contribution in [3.05, 3.63) is 102 Å². The lowest BCUT2D eigenvalue weighted by Gasteiger charge is -2.28. The van der Waals surface area contributed by atoms with Gasteiger partial charge in [-0.05, 0) is 73.2 Å². The van der Waals surface area contributed by atoms with E-state index in [1.54, 1.807) is 12.1 Å². The molecule has 3 aromatic rings. The van der Waals surface area contributed by atoms with Gasteiger partial charge in [0.2, 0.25) is 0 Å². The fourth-order valence-corrected chi connectivity index (χ4v) is 3.80. The normalized spacial score (nSPS) is 12.4. The maximum Gasteiger partial charge on any atom is 0.165 e. The van der Waals surface area contributed by atoms with Crippen LogP contribution in [-0.4, -0.2) is 6.61 Å². The van der Waals surface area contributed by atoms with Crippen LogP contribution in [0.3, 0.4) is 0 Å². The number of terminal acetylenes is 1. The molecule has 0 radical (unpaired) electrons. The third-order valence-corrected chi connectivity index (χ3v) is 5.69. The number of benzene rings is 3.